The van der Waals surface area contributed by atoms with E-state index in [0.717, 1.165) is 23.7 Å². The van der Waals surface area contributed by atoms with Gasteiger partial charge >= 0.3 is 0 Å². The molecule has 2 N–H and O–H groups in total. The first-order chi connectivity index (χ1) is 7.29. The summed E-state index contributed by atoms with van der Waals surface area (Å²) < 4.78 is 16.1. The van der Waals surface area contributed by atoms with Gasteiger partial charge in [0.1, 0.15) is 5.75 Å². The molecular weight excluding hydrogens is 194 g/mol. The third kappa shape index (κ3) is 2.33. The second-order valence-corrected chi connectivity index (χ2v) is 3.52. The Morgan fingerprint density at radius 1 is 1.40 bits per heavy atom. The van der Waals surface area contributed by atoms with Crippen molar-refractivity contribution in [2.24, 2.45) is 5.73 Å². The predicted molar refractivity (Wildman–Crippen MR) is 56.3 cm³/mol. The normalized spacial score (nSPS) is 15.1. The number of benzene rings is 1. The Balaban J connectivity index is 2.03. The molecule has 1 aliphatic rings. The quantitative estimate of drug-likeness (QED) is 0.817. The molecule has 1 unspecified atom stereocenters. The first-order valence-electron chi connectivity index (χ1n) is 5.06. The number of rotatable bonds is 4. The zero-order chi connectivity index (χ0) is 10.7. The summed E-state index contributed by atoms with van der Waals surface area (Å²) in [7, 11) is 0. The van der Waals surface area contributed by atoms with Crippen molar-refractivity contribution in [1.29, 1.82) is 0 Å². The topological polar surface area (TPSA) is 53.7 Å². The van der Waals surface area contributed by atoms with Crippen molar-refractivity contribution >= 4 is 0 Å². The molecule has 0 fully saturated rings. The molecule has 0 spiro atoms. The molecule has 0 saturated carbocycles. The first-order valence-corrected chi connectivity index (χ1v) is 5.06. The highest BCUT2D eigenvalue weighted by Gasteiger charge is 2.14. The average molecular weight is 209 g/mol. The fourth-order valence-electron chi connectivity index (χ4n) is 1.48. The molecule has 0 saturated heterocycles. The third-order valence-corrected chi connectivity index (χ3v) is 2.25. The summed E-state index contributed by atoms with van der Waals surface area (Å²) in [6, 6.07) is 5.57. The van der Waals surface area contributed by atoms with E-state index in [1.807, 2.05) is 25.1 Å². The van der Waals surface area contributed by atoms with Gasteiger partial charge in [-0.05, 0) is 32.0 Å². The summed E-state index contributed by atoms with van der Waals surface area (Å²) >= 11 is 0. The van der Waals surface area contributed by atoms with Crippen LogP contribution in [0.3, 0.4) is 0 Å². The molecule has 15 heavy (non-hydrogen) atoms. The summed E-state index contributed by atoms with van der Waals surface area (Å²) in [5.74, 6) is 2.31. The summed E-state index contributed by atoms with van der Waals surface area (Å²) in [5, 5.41) is 0. The molecule has 0 amide bonds. The minimum atomic E-state index is 0.121. The average Bonchev–Trinajstić information content (AvgIpc) is 2.65. The van der Waals surface area contributed by atoms with Crippen molar-refractivity contribution in [3.63, 3.8) is 0 Å². The predicted octanol–water partition coefficient (Wildman–Crippen LogP) is 1.53. The fourth-order valence-corrected chi connectivity index (χ4v) is 1.48. The van der Waals surface area contributed by atoms with Crippen LogP contribution in [0.2, 0.25) is 0 Å². The highest BCUT2D eigenvalue weighted by atomic mass is 16.7. The number of hydrogen-bond acceptors (Lipinski definition) is 4. The molecule has 1 heterocycles. The van der Waals surface area contributed by atoms with Crippen LogP contribution in [0.25, 0.3) is 0 Å². The molecule has 0 radical (unpaired) electrons. The molecule has 1 aromatic rings. The molecule has 2 rings (SSSR count). The Hall–Kier alpha value is -1.42. The molecular formula is C11H15NO3. The Kier molecular flexibility index (Phi) is 2.97. The highest BCUT2D eigenvalue weighted by Crippen LogP contribution is 2.35. The van der Waals surface area contributed by atoms with Crippen LogP contribution in [0.1, 0.15) is 13.3 Å². The van der Waals surface area contributed by atoms with Crippen LogP contribution in [-0.2, 0) is 0 Å². The Bertz CT molecular complexity index is 341. The fraction of sp³-hybridized carbons (Fsp3) is 0.455. The second-order valence-electron chi connectivity index (χ2n) is 3.52. The van der Waals surface area contributed by atoms with Crippen LogP contribution < -0.4 is 19.9 Å². The molecule has 0 aliphatic carbocycles. The van der Waals surface area contributed by atoms with E-state index in [9.17, 15) is 0 Å². The monoisotopic (exact) mass is 209 g/mol. The molecule has 0 aromatic heterocycles. The molecule has 1 atom stereocenters. The summed E-state index contributed by atoms with van der Waals surface area (Å²) in [5.41, 5.74) is 5.45. The van der Waals surface area contributed by atoms with Gasteiger partial charge in [-0.15, -0.1) is 0 Å². The van der Waals surface area contributed by atoms with E-state index < -0.39 is 0 Å². The lowest BCUT2D eigenvalue weighted by atomic mass is 10.2. The number of fused-ring (bicyclic) bond motifs is 1. The van der Waals surface area contributed by atoms with Crippen molar-refractivity contribution in [3.05, 3.63) is 18.2 Å². The van der Waals surface area contributed by atoms with E-state index in [-0.39, 0.29) is 12.9 Å². The van der Waals surface area contributed by atoms with Gasteiger partial charge in [0.25, 0.3) is 0 Å². The van der Waals surface area contributed by atoms with Gasteiger partial charge in [-0.1, -0.05) is 0 Å². The van der Waals surface area contributed by atoms with E-state index in [1.54, 1.807) is 0 Å². The Labute approximate surface area is 88.9 Å². The highest BCUT2D eigenvalue weighted by molar-refractivity contribution is 5.46. The SMILES string of the molecule is CC(CCN)Oc1ccc2c(c1)OCO2. The van der Waals surface area contributed by atoms with Crippen LogP contribution >= 0.6 is 0 Å². The minimum absolute atomic E-state index is 0.121. The number of hydrogen-bond donors (Lipinski definition) is 1. The van der Waals surface area contributed by atoms with E-state index >= 15 is 0 Å². The summed E-state index contributed by atoms with van der Waals surface area (Å²) in [6.45, 7) is 2.92. The van der Waals surface area contributed by atoms with Crippen LogP contribution in [-0.4, -0.2) is 19.4 Å². The number of nitrogens with two attached hydrogens (primary N) is 1. The Morgan fingerprint density at radius 2 is 2.20 bits per heavy atom. The van der Waals surface area contributed by atoms with E-state index in [2.05, 4.69) is 0 Å². The van der Waals surface area contributed by atoms with E-state index in [1.165, 1.54) is 0 Å². The standard InChI is InChI=1S/C11H15NO3/c1-8(4-5-12)15-9-2-3-10-11(6-9)14-7-13-10/h2-3,6,8H,4-5,7,12H2,1H3. The van der Waals surface area contributed by atoms with Crippen LogP contribution in [0, 0.1) is 0 Å². The van der Waals surface area contributed by atoms with E-state index in [4.69, 9.17) is 19.9 Å². The second kappa shape index (κ2) is 4.40. The van der Waals surface area contributed by atoms with Gasteiger partial charge in [-0.2, -0.15) is 0 Å². The zero-order valence-corrected chi connectivity index (χ0v) is 8.73. The minimum Gasteiger partial charge on any atom is -0.491 e. The van der Waals surface area contributed by atoms with Gasteiger partial charge in [0, 0.05) is 6.07 Å². The number of ether oxygens (including phenoxy) is 3. The van der Waals surface area contributed by atoms with Gasteiger partial charge in [0.05, 0.1) is 6.10 Å². The van der Waals surface area contributed by atoms with Crippen molar-refractivity contribution in [3.8, 4) is 17.2 Å². The smallest absolute Gasteiger partial charge is 0.231 e. The van der Waals surface area contributed by atoms with Crippen molar-refractivity contribution in [2.45, 2.75) is 19.4 Å². The van der Waals surface area contributed by atoms with Crippen molar-refractivity contribution in [1.82, 2.24) is 0 Å². The maximum absolute atomic E-state index is 5.66. The molecule has 1 aromatic carbocycles. The van der Waals surface area contributed by atoms with Crippen LogP contribution in [0.5, 0.6) is 17.2 Å². The largest absolute Gasteiger partial charge is 0.491 e. The lowest BCUT2D eigenvalue weighted by Crippen LogP contribution is -2.16. The lowest BCUT2D eigenvalue weighted by Gasteiger charge is -2.13. The molecule has 82 valence electrons. The van der Waals surface area contributed by atoms with Gasteiger partial charge in [0.2, 0.25) is 6.79 Å². The lowest BCUT2D eigenvalue weighted by molar-refractivity contribution is 0.173. The van der Waals surface area contributed by atoms with Gasteiger partial charge in [-0.3, -0.25) is 0 Å². The first kappa shape index (κ1) is 10.1. The zero-order valence-electron chi connectivity index (χ0n) is 8.73. The molecule has 1 aliphatic heterocycles. The maximum Gasteiger partial charge on any atom is 0.231 e. The summed E-state index contributed by atoms with van der Waals surface area (Å²) in [4.78, 5) is 0. The maximum atomic E-state index is 5.66. The van der Waals surface area contributed by atoms with E-state index in [0.29, 0.717) is 6.54 Å². The van der Waals surface area contributed by atoms with Crippen molar-refractivity contribution in [2.75, 3.05) is 13.3 Å². The van der Waals surface area contributed by atoms with Gasteiger partial charge in [-0.25, -0.2) is 0 Å². The molecule has 0 bridgehead atoms. The van der Waals surface area contributed by atoms with Crippen LogP contribution in [0.4, 0.5) is 0 Å². The Morgan fingerprint density at radius 3 is 3.00 bits per heavy atom. The third-order valence-electron chi connectivity index (χ3n) is 2.25. The molecule has 4 nitrogen and oxygen atoms in total. The van der Waals surface area contributed by atoms with Gasteiger partial charge in [0.15, 0.2) is 11.5 Å². The van der Waals surface area contributed by atoms with Gasteiger partial charge < -0.3 is 19.9 Å². The van der Waals surface area contributed by atoms with Crippen molar-refractivity contribution < 1.29 is 14.2 Å². The summed E-state index contributed by atoms with van der Waals surface area (Å²) in [6.07, 6.45) is 0.962. The van der Waals surface area contributed by atoms with Crippen LogP contribution in [0.15, 0.2) is 18.2 Å². The molecule has 4 heteroatoms.